The number of anilines is 1. The van der Waals surface area contributed by atoms with E-state index in [4.69, 9.17) is 10.7 Å². The third-order valence-electron chi connectivity index (χ3n) is 7.10. The highest BCUT2D eigenvalue weighted by Crippen LogP contribution is 2.34. The lowest BCUT2D eigenvalue weighted by Gasteiger charge is -2.16. The van der Waals surface area contributed by atoms with Gasteiger partial charge in [-0.05, 0) is 78.8 Å². The number of likely N-dealkylation sites (N-methyl/N-ethyl adjacent to an activating group) is 1. The smallest absolute Gasteiger partial charge is 0.138 e. The molecule has 4 N–H and O–H groups in total. The molecular weight excluding hydrogens is 452 g/mol. The molecule has 2 aromatic carbocycles. The lowest BCUT2D eigenvalue weighted by atomic mass is 9.91. The van der Waals surface area contributed by atoms with E-state index in [9.17, 15) is 0 Å². The van der Waals surface area contributed by atoms with Gasteiger partial charge in [0, 0.05) is 28.9 Å². The predicted molar refractivity (Wildman–Crippen MR) is 161 cm³/mol. The zero-order valence-corrected chi connectivity index (χ0v) is 22.5. The van der Waals surface area contributed by atoms with Gasteiger partial charge < -0.3 is 16.0 Å². The van der Waals surface area contributed by atoms with E-state index >= 15 is 0 Å². The molecule has 4 heteroatoms. The SMILES string of the molecule is C=C/C(CNCC)=C(C)\C(=C/C)c1ccc(N)c(C(=C)c2nc3c(C4=CCC(C)C=C4)cccc3[nH]2)c1. The molecule has 1 heterocycles. The summed E-state index contributed by atoms with van der Waals surface area (Å²) in [6.07, 6.45) is 11.9. The molecule has 1 atom stereocenters. The second-order valence-electron chi connectivity index (χ2n) is 9.64. The molecule has 0 radical (unpaired) electrons. The third-order valence-corrected chi connectivity index (χ3v) is 7.10. The van der Waals surface area contributed by atoms with Gasteiger partial charge in [-0.15, -0.1) is 0 Å². The Balaban J connectivity index is 1.72. The highest BCUT2D eigenvalue weighted by Gasteiger charge is 2.17. The van der Waals surface area contributed by atoms with Gasteiger partial charge in [-0.3, -0.25) is 0 Å². The minimum atomic E-state index is 0.568. The summed E-state index contributed by atoms with van der Waals surface area (Å²) >= 11 is 0. The van der Waals surface area contributed by atoms with Gasteiger partial charge in [-0.1, -0.05) is 75.6 Å². The normalized spacial score (nSPS) is 16.5. The highest BCUT2D eigenvalue weighted by molar-refractivity contribution is 5.95. The van der Waals surface area contributed by atoms with Gasteiger partial charge in [-0.25, -0.2) is 4.98 Å². The molecule has 0 bridgehead atoms. The van der Waals surface area contributed by atoms with Crippen LogP contribution >= 0.6 is 0 Å². The first-order chi connectivity index (χ1) is 17.9. The number of allylic oxidation sites excluding steroid dienone is 7. The molecule has 1 aliphatic carbocycles. The number of imidazole rings is 1. The Labute approximate surface area is 221 Å². The van der Waals surface area contributed by atoms with Crippen molar-refractivity contribution in [1.82, 2.24) is 15.3 Å². The molecule has 0 saturated carbocycles. The summed E-state index contributed by atoms with van der Waals surface area (Å²) in [6, 6.07) is 12.4. The van der Waals surface area contributed by atoms with Crippen LogP contribution in [0.25, 0.3) is 27.8 Å². The third kappa shape index (κ3) is 5.45. The van der Waals surface area contributed by atoms with Crippen LogP contribution in [0.2, 0.25) is 0 Å². The number of aromatic amines is 1. The van der Waals surface area contributed by atoms with Gasteiger partial charge >= 0.3 is 0 Å². The van der Waals surface area contributed by atoms with Crippen molar-refractivity contribution in [2.75, 3.05) is 18.8 Å². The van der Waals surface area contributed by atoms with Crippen molar-refractivity contribution in [2.24, 2.45) is 5.92 Å². The van der Waals surface area contributed by atoms with Gasteiger partial charge in [0.25, 0.3) is 0 Å². The monoisotopic (exact) mass is 490 g/mol. The Hall–Kier alpha value is -3.89. The number of hydrogen-bond acceptors (Lipinski definition) is 3. The number of nitrogen functional groups attached to an aromatic ring is 1. The average Bonchev–Trinajstić information content (AvgIpc) is 3.35. The zero-order chi connectivity index (χ0) is 26.5. The van der Waals surface area contributed by atoms with E-state index in [0.717, 1.165) is 64.2 Å². The number of nitrogens with two attached hydrogens (primary N) is 1. The minimum Gasteiger partial charge on any atom is -0.398 e. The topological polar surface area (TPSA) is 66.7 Å². The van der Waals surface area contributed by atoms with Crippen LogP contribution in [0.5, 0.6) is 0 Å². The van der Waals surface area contributed by atoms with Crippen LogP contribution in [0.3, 0.4) is 0 Å². The van der Waals surface area contributed by atoms with Gasteiger partial charge in [0.15, 0.2) is 0 Å². The standard InChI is InChI=1S/C33H38N4/c1-7-24(20-35-9-3)22(5)27(8-2)26-17-18-30(34)29(19-26)23(6)33-36-31-12-10-11-28(32(31)37-33)25-15-13-21(4)14-16-25/h7-8,10-13,15-19,21,35H,1,6,9,14,20,34H2,2-5H3,(H,36,37)/b24-22+,27-8+. The van der Waals surface area contributed by atoms with Crippen LogP contribution in [0, 0.1) is 5.92 Å². The number of H-pyrrole nitrogens is 1. The van der Waals surface area contributed by atoms with E-state index in [1.54, 1.807) is 0 Å². The summed E-state index contributed by atoms with van der Waals surface area (Å²) < 4.78 is 0. The van der Waals surface area contributed by atoms with Gasteiger partial charge in [0.2, 0.25) is 0 Å². The number of benzene rings is 2. The maximum Gasteiger partial charge on any atom is 0.138 e. The second-order valence-corrected chi connectivity index (χ2v) is 9.64. The fraction of sp³-hybridized carbons (Fsp3) is 0.242. The van der Waals surface area contributed by atoms with Crippen LogP contribution in [0.15, 0.2) is 91.1 Å². The molecule has 1 unspecified atom stereocenters. The van der Waals surface area contributed by atoms with Gasteiger partial charge in [0.05, 0.1) is 11.0 Å². The molecule has 3 aromatic rings. The Morgan fingerprint density at radius 2 is 2.08 bits per heavy atom. The Morgan fingerprint density at radius 3 is 2.76 bits per heavy atom. The molecule has 4 nitrogen and oxygen atoms in total. The fourth-order valence-electron chi connectivity index (χ4n) is 4.84. The Morgan fingerprint density at radius 1 is 1.27 bits per heavy atom. The van der Waals surface area contributed by atoms with Crippen LogP contribution < -0.4 is 11.1 Å². The molecule has 0 amide bonds. The summed E-state index contributed by atoms with van der Waals surface area (Å²) in [5, 5.41) is 3.40. The first-order valence-corrected chi connectivity index (χ1v) is 13.0. The molecule has 1 aromatic heterocycles. The molecule has 0 spiro atoms. The van der Waals surface area contributed by atoms with Crippen LogP contribution in [-0.2, 0) is 0 Å². The molecule has 190 valence electrons. The molecular formula is C33H38N4. The first-order valence-electron chi connectivity index (χ1n) is 13.0. The summed E-state index contributed by atoms with van der Waals surface area (Å²) in [5.41, 5.74) is 17.7. The number of hydrogen-bond donors (Lipinski definition) is 3. The van der Waals surface area contributed by atoms with Crippen molar-refractivity contribution in [2.45, 2.75) is 34.1 Å². The molecule has 0 aliphatic heterocycles. The quantitative estimate of drug-likeness (QED) is 0.213. The number of fused-ring (bicyclic) bond motifs is 1. The van der Waals surface area contributed by atoms with E-state index in [0.29, 0.717) is 11.6 Å². The summed E-state index contributed by atoms with van der Waals surface area (Å²) in [6.45, 7) is 18.7. The van der Waals surface area contributed by atoms with Crippen molar-refractivity contribution >= 4 is 33.4 Å². The molecule has 0 saturated heterocycles. The van der Waals surface area contributed by atoms with E-state index in [1.165, 1.54) is 16.7 Å². The lowest BCUT2D eigenvalue weighted by molar-refractivity contribution is 0.739. The Kier molecular flexibility index (Phi) is 8.10. The van der Waals surface area contributed by atoms with E-state index in [1.807, 2.05) is 12.1 Å². The summed E-state index contributed by atoms with van der Waals surface area (Å²) in [7, 11) is 0. The maximum atomic E-state index is 6.47. The van der Waals surface area contributed by atoms with Crippen molar-refractivity contribution in [3.63, 3.8) is 0 Å². The Bertz CT molecular complexity index is 1460. The minimum absolute atomic E-state index is 0.568. The summed E-state index contributed by atoms with van der Waals surface area (Å²) in [4.78, 5) is 8.48. The van der Waals surface area contributed by atoms with E-state index < -0.39 is 0 Å². The van der Waals surface area contributed by atoms with Gasteiger partial charge in [-0.2, -0.15) is 0 Å². The number of nitrogens with zero attached hydrogens (tertiary/aromatic N) is 1. The second kappa shape index (κ2) is 11.4. The number of aromatic nitrogens is 2. The van der Waals surface area contributed by atoms with Crippen LogP contribution in [0.1, 0.15) is 56.6 Å². The van der Waals surface area contributed by atoms with Crippen molar-refractivity contribution in [3.8, 4) is 0 Å². The lowest BCUT2D eigenvalue weighted by Crippen LogP contribution is -2.16. The zero-order valence-electron chi connectivity index (χ0n) is 22.5. The maximum absolute atomic E-state index is 6.47. The van der Waals surface area contributed by atoms with Crippen molar-refractivity contribution in [3.05, 3.63) is 114 Å². The van der Waals surface area contributed by atoms with E-state index in [-0.39, 0.29) is 0 Å². The number of nitrogens with one attached hydrogen (secondary N) is 2. The molecule has 1 aliphatic rings. The number of rotatable bonds is 9. The fourth-order valence-corrected chi connectivity index (χ4v) is 4.84. The summed E-state index contributed by atoms with van der Waals surface area (Å²) in [5.74, 6) is 1.30. The van der Waals surface area contributed by atoms with E-state index in [2.05, 4.69) is 106 Å². The average molecular weight is 491 g/mol. The molecule has 0 fully saturated rings. The highest BCUT2D eigenvalue weighted by atomic mass is 14.9. The largest absolute Gasteiger partial charge is 0.398 e. The van der Waals surface area contributed by atoms with Crippen LogP contribution in [-0.4, -0.2) is 23.1 Å². The molecule has 37 heavy (non-hydrogen) atoms. The van der Waals surface area contributed by atoms with Crippen molar-refractivity contribution < 1.29 is 0 Å². The number of para-hydroxylation sites is 1. The van der Waals surface area contributed by atoms with Gasteiger partial charge in [0.1, 0.15) is 5.82 Å². The van der Waals surface area contributed by atoms with Crippen LogP contribution in [0.4, 0.5) is 5.69 Å². The molecule has 4 rings (SSSR count). The predicted octanol–water partition coefficient (Wildman–Crippen LogP) is 7.70. The van der Waals surface area contributed by atoms with Crippen molar-refractivity contribution in [1.29, 1.82) is 0 Å². The first kappa shape index (κ1) is 26.2.